The number of aromatic nitrogens is 2. The number of hydrazine groups is 1. The molecule has 3 rings (SSSR count). The van der Waals surface area contributed by atoms with Gasteiger partial charge in [-0.2, -0.15) is 4.98 Å². The normalized spacial score (nSPS) is 16.1. The number of fused-ring (bicyclic) bond motifs is 1. The molecule has 0 spiro atoms. The Bertz CT molecular complexity index is 552. The monoisotopic (exact) mass is 244 g/mol. The second-order valence-corrected chi connectivity index (χ2v) is 4.54. The van der Waals surface area contributed by atoms with E-state index in [0.29, 0.717) is 11.8 Å². The second-order valence-electron chi connectivity index (χ2n) is 4.54. The molecule has 1 fully saturated rings. The fourth-order valence-corrected chi connectivity index (χ4v) is 2.37. The van der Waals surface area contributed by atoms with E-state index in [4.69, 9.17) is 10.6 Å². The van der Waals surface area contributed by atoms with Crippen LogP contribution in [0.2, 0.25) is 0 Å². The van der Waals surface area contributed by atoms with Crippen LogP contribution in [-0.2, 0) is 0 Å². The molecule has 3 N–H and O–H groups in total. The van der Waals surface area contributed by atoms with Crippen LogP contribution in [-0.4, -0.2) is 16.1 Å². The maximum atomic E-state index is 5.98. The number of benzene rings is 1. The number of nitrogen functional groups attached to an aromatic ring is 1. The summed E-state index contributed by atoms with van der Waals surface area (Å²) in [5.74, 6) is 6.40. The molecule has 1 aliphatic carbocycles. The first kappa shape index (κ1) is 11.2. The lowest BCUT2D eigenvalue weighted by molar-refractivity contribution is 0.204. The van der Waals surface area contributed by atoms with Gasteiger partial charge in [-0.1, -0.05) is 12.1 Å². The Morgan fingerprint density at radius 3 is 2.72 bits per heavy atom. The SMILES string of the molecule is NNc1nc(OC2CCCC2)c2ccccc2n1. The standard InChI is InChI=1S/C13H16N4O/c14-17-13-15-11-8-4-3-7-10(11)12(16-13)18-9-5-1-2-6-9/h3-4,7-9H,1-2,5-6,14H2,(H,15,16,17). The molecular weight excluding hydrogens is 228 g/mol. The maximum Gasteiger partial charge on any atom is 0.241 e. The number of nitrogens with zero attached hydrogens (tertiary/aromatic N) is 2. The molecule has 18 heavy (non-hydrogen) atoms. The van der Waals surface area contributed by atoms with Crippen LogP contribution in [0, 0.1) is 0 Å². The highest BCUT2D eigenvalue weighted by molar-refractivity contribution is 5.84. The van der Waals surface area contributed by atoms with E-state index in [1.807, 2.05) is 24.3 Å². The topological polar surface area (TPSA) is 73.1 Å². The van der Waals surface area contributed by atoms with E-state index in [0.717, 1.165) is 23.7 Å². The summed E-state index contributed by atoms with van der Waals surface area (Å²) < 4.78 is 5.98. The van der Waals surface area contributed by atoms with Gasteiger partial charge in [-0.05, 0) is 37.8 Å². The number of hydrogen-bond donors (Lipinski definition) is 2. The van der Waals surface area contributed by atoms with E-state index in [2.05, 4.69) is 15.4 Å². The Morgan fingerprint density at radius 1 is 1.17 bits per heavy atom. The smallest absolute Gasteiger partial charge is 0.241 e. The number of hydrogen-bond acceptors (Lipinski definition) is 5. The average Bonchev–Trinajstić information content (AvgIpc) is 2.91. The largest absolute Gasteiger partial charge is 0.474 e. The van der Waals surface area contributed by atoms with Crippen LogP contribution in [0.3, 0.4) is 0 Å². The highest BCUT2D eigenvalue weighted by atomic mass is 16.5. The van der Waals surface area contributed by atoms with Gasteiger partial charge in [0, 0.05) is 0 Å². The lowest BCUT2D eigenvalue weighted by atomic mass is 10.2. The first-order chi connectivity index (χ1) is 8.86. The van der Waals surface area contributed by atoms with Gasteiger partial charge < -0.3 is 4.74 Å². The Kier molecular flexibility index (Phi) is 2.98. The molecule has 5 heteroatoms. The summed E-state index contributed by atoms with van der Waals surface area (Å²) >= 11 is 0. The predicted molar refractivity (Wildman–Crippen MR) is 70.2 cm³/mol. The quantitative estimate of drug-likeness (QED) is 0.640. The van der Waals surface area contributed by atoms with Crippen LogP contribution < -0.4 is 16.0 Å². The van der Waals surface area contributed by atoms with E-state index in [-0.39, 0.29) is 6.10 Å². The minimum absolute atomic E-state index is 0.272. The molecule has 0 unspecified atom stereocenters. The average molecular weight is 244 g/mol. The molecule has 0 atom stereocenters. The number of para-hydroxylation sites is 1. The van der Waals surface area contributed by atoms with Crippen LogP contribution >= 0.6 is 0 Å². The summed E-state index contributed by atoms with van der Waals surface area (Å²) in [5.41, 5.74) is 3.32. The maximum absolute atomic E-state index is 5.98. The van der Waals surface area contributed by atoms with Gasteiger partial charge in [-0.3, -0.25) is 5.43 Å². The molecule has 0 bridgehead atoms. The fraction of sp³-hybridized carbons (Fsp3) is 0.385. The summed E-state index contributed by atoms with van der Waals surface area (Å²) in [6.07, 6.45) is 4.94. The lowest BCUT2D eigenvalue weighted by Gasteiger charge is -2.14. The van der Waals surface area contributed by atoms with E-state index < -0.39 is 0 Å². The lowest BCUT2D eigenvalue weighted by Crippen LogP contribution is -2.15. The number of nitrogens with two attached hydrogens (primary N) is 1. The number of nitrogens with one attached hydrogen (secondary N) is 1. The third kappa shape index (κ3) is 2.09. The molecule has 1 aliphatic rings. The van der Waals surface area contributed by atoms with E-state index in [9.17, 15) is 0 Å². The van der Waals surface area contributed by atoms with Crippen LogP contribution in [0.5, 0.6) is 5.88 Å². The van der Waals surface area contributed by atoms with Gasteiger partial charge >= 0.3 is 0 Å². The van der Waals surface area contributed by atoms with Crippen LogP contribution in [0.25, 0.3) is 10.9 Å². The van der Waals surface area contributed by atoms with Gasteiger partial charge in [0.05, 0.1) is 10.9 Å². The summed E-state index contributed by atoms with van der Waals surface area (Å²) in [5, 5.41) is 0.934. The zero-order chi connectivity index (χ0) is 12.4. The van der Waals surface area contributed by atoms with Gasteiger partial charge in [0.15, 0.2) is 0 Å². The van der Waals surface area contributed by atoms with Crippen LogP contribution in [0.4, 0.5) is 5.95 Å². The molecule has 2 aromatic rings. The van der Waals surface area contributed by atoms with Crippen molar-refractivity contribution in [1.29, 1.82) is 0 Å². The van der Waals surface area contributed by atoms with Crippen molar-refractivity contribution in [1.82, 2.24) is 9.97 Å². The molecule has 1 aromatic carbocycles. The van der Waals surface area contributed by atoms with Crippen molar-refractivity contribution in [3.63, 3.8) is 0 Å². The molecule has 1 aromatic heterocycles. The molecule has 1 heterocycles. The molecule has 0 radical (unpaired) electrons. The van der Waals surface area contributed by atoms with E-state index in [1.165, 1.54) is 12.8 Å². The van der Waals surface area contributed by atoms with Crippen molar-refractivity contribution in [3.8, 4) is 5.88 Å². The fourth-order valence-electron chi connectivity index (χ4n) is 2.37. The first-order valence-electron chi connectivity index (χ1n) is 6.27. The van der Waals surface area contributed by atoms with Crippen molar-refractivity contribution in [2.75, 3.05) is 5.43 Å². The van der Waals surface area contributed by atoms with E-state index in [1.54, 1.807) is 0 Å². The van der Waals surface area contributed by atoms with Crippen LogP contribution in [0.15, 0.2) is 24.3 Å². The van der Waals surface area contributed by atoms with Crippen molar-refractivity contribution in [2.45, 2.75) is 31.8 Å². The van der Waals surface area contributed by atoms with Gasteiger partial charge in [-0.25, -0.2) is 10.8 Å². The zero-order valence-electron chi connectivity index (χ0n) is 10.1. The summed E-state index contributed by atoms with van der Waals surface area (Å²) in [6, 6.07) is 7.80. The number of ether oxygens (including phenoxy) is 1. The molecule has 1 saturated carbocycles. The molecule has 94 valence electrons. The van der Waals surface area contributed by atoms with Gasteiger partial charge in [0.25, 0.3) is 0 Å². The highest BCUT2D eigenvalue weighted by Gasteiger charge is 2.19. The Hall–Kier alpha value is -1.88. The summed E-state index contributed by atoms with van der Waals surface area (Å²) in [4.78, 5) is 8.62. The van der Waals surface area contributed by atoms with Crippen LogP contribution in [0.1, 0.15) is 25.7 Å². The minimum atomic E-state index is 0.272. The zero-order valence-corrected chi connectivity index (χ0v) is 10.1. The van der Waals surface area contributed by atoms with Crippen molar-refractivity contribution in [2.24, 2.45) is 5.84 Å². The molecule has 0 amide bonds. The van der Waals surface area contributed by atoms with E-state index >= 15 is 0 Å². The van der Waals surface area contributed by atoms with Gasteiger partial charge in [0.1, 0.15) is 6.10 Å². The molecular formula is C13H16N4O. The Morgan fingerprint density at radius 2 is 1.94 bits per heavy atom. The molecule has 5 nitrogen and oxygen atoms in total. The second kappa shape index (κ2) is 4.78. The molecule has 0 saturated heterocycles. The Labute approximate surface area is 105 Å². The third-order valence-corrected chi connectivity index (χ3v) is 3.28. The summed E-state index contributed by atoms with van der Waals surface area (Å²) in [7, 11) is 0. The minimum Gasteiger partial charge on any atom is -0.474 e. The summed E-state index contributed by atoms with van der Waals surface area (Å²) in [6.45, 7) is 0. The van der Waals surface area contributed by atoms with Gasteiger partial charge in [0.2, 0.25) is 11.8 Å². The number of anilines is 1. The van der Waals surface area contributed by atoms with Gasteiger partial charge in [-0.15, -0.1) is 0 Å². The third-order valence-electron chi connectivity index (χ3n) is 3.28. The predicted octanol–water partition coefficient (Wildman–Crippen LogP) is 2.24. The van der Waals surface area contributed by atoms with Crippen molar-refractivity contribution in [3.05, 3.63) is 24.3 Å². The van der Waals surface area contributed by atoms with Crippen molar-refractivity contribution >= 4 is 16.9 Å². The van der Waals surface area contributed by atoms with Crippen molar-refractivity contribution < 1.29 is 4.74 Å². The Balaban J connectivity index is 2.01. The highest BCUT2D eigenvalue weighted by Crippen LogP contribution is 2.28. The molecule has 0 aliphatic heterocycles. The number of rotatable bonds is 3. The first-order valence-corrected chi connectivity index (χ1v) is 6.27.